The van der Waals surface area contributed by atoms with Gasteiger partial charge in [-0.1, -0.05) is 0 Å². The van der Waals surface area contributed by atoms with E-state index in [0.29, 0.717) is 0 Å². The van der Waals surface area contributed by atoms with Gasteiger partial charge in [-0.15, -0.1) is 0 Å². The smallest absolute Gasteiger partial charge is 1.00 e. The molecule has 4 heteroatoms. The molecule has 0 aromatic carbocycles. The van der Waals surface area contributed by atoms with Gasteiger partial charge in [0.15, 0.2) is 0 Å². The molecule has 4 heavy (non-hydrogen) atoms. The first kappa shape index (κ1) is 27.7. The predicted octanol–water partition coefficient (Wildman–Crippen LogP) is -6.00. The van der Waals surface area contributed by atoms with Crippen molar-refractivity contribution in [1.82, 2.24) is 0 Å². The van der Waals surface area contributed by atoms with Crippen molar-refractivity contribution in [3.05, 3.63) is 0 Å². The molecule has 0 aliphatic carbocycles. The monoisotopic (exact) mass is 434 g/mol. The second-order valence-electron chi connectivity index (χ2n) is 0. The minimum absolute atomic E-state index is 0. The third kappa shape index (κ3) is 8.91. The van der Waals surface area contributed by atoms with Crippen molar-refractivity contribution >= 4 is 0 Å². The zero-order valence-electron chi connectivity index (χ0n) is 2.17. The van der Waals surface area contributed by atoms with Crippen molar-refractivity contribution in [1.29, 1.82) is 0 Å². The van der Waals surface area contributed by atoms with Gasteiger partial charge in [-0.3, -0.25) is 0 Å². The minimum atomic E-state index is 0. The van der Waals surface area contributed by atoms with Gasteiger partial charge in [-0.05, 0) is 0 Å². The van der Waals surface area contributed by atoms with Gasteiger partial charge in [0, 0.05) is 0 Å². The predicted molar refractivity (Wildman–Crippen MR) is 0 cm³/mol. The summed E-state index contributed by atoms with van der Waals surface area (Å²) in [5, 5.41) is 0. The Labute approximate surface area is 93.6 Å². The third-order valence-electron chi connectivity index (χ3n) is 0. The fourth-order valence-corrected chi connectivity index (χ4v) is 0. The van der Waals surface area contributed by atoms with Crippen LogP contribution in [0.25, 0.3) is 0 Å². The van der Waals surface area contributed by atoms with Gasteiger partial charge in [0.25, 0.3) is 0 Å². The van der Waals surface area contributed by atoms with Gasteiger partial charge in [0.05, 0.1) is 0 Å². The van der Waals surface area contributed by atoms with Crippen LogP contribution >= 0.6 is 0 Å². The van der Waals surface area contributed by atoms with Crippen LogP contribution in [0.5, 0.6) is 0 Å². The van der Waals surface area contributed by atoms with E-state index < -0.39 is 0 Å². The van der Waals surface area contributed by atoms with Crippen LogP contribution < -0.4 is 41.0 Å². The first-order chi connectivity index (χ1) is 0. The van der Waals surface area contributed by atoms with Crippen LogP contribution in [0.4, 0.5) is 0 Å². The van der Waals surface area contributed by atoms with Gasteiger partial charge in [-0.2, -0.15) is 0 Å². The van der Waals surface area contributed by atoms with Crippen LogP contribution in [0.15, 0.2) is 0 Å². The molecule has 16 valence electrons. The van der Waals surface area contributed by atoms with Gasteiger partial charge < -0.3 is 41.0 Å². The summed E-state index contributed by atoms with van der Waals surface area (Å²) in [6, 6.07) is 0. The molecule has 0 spiro atoms. The second kappa shape index (κ2) is 16.6. The average Bonchev–Trinajstić information content (AvgIpc) is 0. The van der Waals surface area contributed by atoms with Crippen molar-refractivity contribution in [2.24, 2.45) is 0 Å². The summed E-state index contributed by atoms with van der Waals surface area (Å²) < 4.78 is 0. The fraction of sp³-hybridized carbons (Fsp3) is 0. The van der Waals surface area contributed by atoms with Crippen LogP contribution in [0.3, 0.4) is 0 Å². The normalized spacial score (nSPS) is 0. The fourth-order valence-electron chi connectivity index (χ4n) is 0. The van der Waals surface area contributed by atoms with E-state index in [4.69, 9.17) is 0 Å². The van der Waals surface area contributed by atoms with E-state index in [9.17, 15) is 0 Å². The summed E-state index contributed by atoms with van der Waals surface area (Å²) >= 11 is 0. The molecule has 0 rings (SSSR count). The third-order valence-corrected chi connectivity index (χ3v) is 0. The Bertz CT molecular complexity index is 6.00. The van der Waals surface area contributed by atoms with Crippen molar-refractivity contribution in [2.75, 3.05) is 0 Å². The number of hydrogen-bond donors (Lipinski definition) is 0. The molecule has 0 nitrogen and oxygen atoms in total. The van der Waals surface area contributed by atoms with Crippen molar-refractivity contribution in [2.45, 2.75) is 0 Å². The molecule has 0 aliphatic heterocycles. The molecule has 0 saturated heterocycles. The van der Waals surface area contributed by atoms with Crippen LogP contribution in [-0.2, 0) is 54.6 Å². The van der Waals surface area contributed by atoms with E-state index in [-0.39, 0.29) is 95.6 Å². The van der Waals surface area contributed by atoms with Crippen LogP contribution in [0.2, 0.25) is 0 Å². The standard InChI is InChI=1S/BrH.2Cd.HI/h1H;;;1H/q;2*+2;/p-2. The largest absolute Gasteiger partial charge is 2.00 e. The average molecular weight is 432 g/mol. The summed E-state index contributed by atoms with van der Waals surface area (Å²) in [6.07, 6.45) is 0. The summed E-state index contributed by atoms with van der Waals surface area (Å²) in [5.41, 5.74) is 0. The molecule has 0 unspecified atom stereocenters. The second-order valence-corrected chi connectivity index (χ2v) is 0. The van der Waals surface area contributed by atoms with Crippen LogP contribution in [-0.4, -0.2) is 0 Å². The molecule has 0 aromatic heterocycles. The molecule has 0 saturated carbocycles. The summed E-state index contributed by atoms with van der Waals surface area (Å²) in [6.45, 7) is 0. The molecule has 0 N–H and O–H groups in total. The Balaban J connectivity index is 0. The zero-order valence-corrected chi connectivity index (χ0v) is 14.0. The Hall–Kier alpha value is 3.05. The quantitative estimate of drug-likeness (QED) is 0.265. The summed E-state index contributed by atoms with van der Waals surface area (Å²) in [4.78, 5) is 0. The topological polar surface area (TPSA) is 0 Å². The summed E-state index contributed by atoms with van der Waals surface area (Å²) in [7, 11) is 0. The van der Waals surface area contributed by atoms with Gasteiger partial charge in [0.2, 0.25) is 0 Å². The van der Waals surface area contributed by atoms with Gasteiger partial charge in [-0.25, -0.2) is 0 Å². The molecule has 0 bridgehead atoms. The van der Waals surface area contributed by atoms with Crippen molar-refractivity contribution in [3.8, 4) is 0 Å². The molecular weight excluding hydrogens is 432 g/mol. The van der Waals surface area contributed by atoms with E-state index in [0.717, 1.165) is 0 Å². The Morgan fingerprint density at radius 1 is 0.750 bits per heavy atom. The van der Waals surface area contributed by atoms with Crippen molar-refractivity contribution in [3.63, 3.8) is 0 Å². The molecule has 0 aliphatic rings. The first-order valence-electron chi connectivity index (χ1n) is 0. The van der Waals surface area contributed by atoms with E-state index in [1.807, 2.05) is 0 Å². The van der Waals surface area contributed by atoms with Gasteiger partial charge >= 0.3 is 54.6 Å². The van der Waals surface area contributed by atoms with E-state index in [1.165, 1.54) is 0 Å². The summed E-state index contributed by atoms with van der Waals surface area (Å²) in [5.74, 6) is 0. The molecule has 0 radical (unpaired) electrons. The molecular formula is BrCd2I+2. The first-order valence-corrected chi connectivity index (χ1v) is 0. The van der Waals surface area contributed by atoms with Gasteiger partial charge in [0.1, 0.15) is 0 Å². The van der Waals surface area contributed by atoms with Crippen LogP contribution in [0.1, 0.15) is 0 Å². The maximum Gasteiger partial charge on any atom is 2.00 e. The molecule has 0 amide bonds. The van der Waals surface area contributed by atoms with Crippen molar-refractivity contribution < 1.29 is 95.6 Å². The number of halogens is 2. The molecule has 0 heterocycles. The molecule has 0 fully saturated rings. The minimum Gasteiger partial charge on any atom is -1.00 e. The van der Waals surface area contributed by atoms with E-state index in [1.54, 1.807) is 0 Å². The SMILES string of the molecule is [Br-].[Cd+2].[Cd+2].[I-]. The maximum absolute atomic E-state index is 0. The molecule has 0 atom stereocenters. The number of hydrogen-bond acceptors (Lipinski definition) is 0. The Morgan fingerprint density at radius 3 is 0.750 bits per heavy atom. The number of rotatable bonds is 0. The van der Waals surface area contributed by atoms with E-state index >= 15 is 0 Å². The molecule has 0 aromatic rings. The maximum atomic E-state index is 0. The van der Waals surface area contributed by atoms with Crippen LogP contribution in [0, 0.1) is 0 Å². The Morgan fingerprint density at radius 2 is 0.750 bits per heavy atom. The van der Waals surface area contributed by atoms with E-state index in [2.05, 4.69) is 0 Å². The Kier molecular flexibility index (Phi) is 115. The zero-order chi connectivity index (χ0) is 0.